The summed E-state index contributed by atoms with van der Waals surface area (Å²) in [5, 5.41) is 0. The Labute approximate surface area is 93.5 Å². The van der Waals surface area contributed by atoms with Gasteiger partial charge in [-0.1, -0.05) is 68.7 Å². The molecule has 1 aliphatic rings. The molecule has 90 valence electrons. The summed E-state index contributed by atoms with van der Waals surface area (Å²) >= 11 is 0. The summed E-state index contributed by atoms with van der Waals surface area (Å²) in [6.45, 7) is 11.1. The fourth-order valence-corrected chi connectivity index (χ4v) is 1.97. The van der Waals surface area contributed by atoms with Crippen molar-refractivity contribution in [2.45, 2.75) is 81.6 Å². The van der Waals surface area contributed by atoms with Crippen LogP contribution in [0.2, 0.25) is 0 Å². The third-order valence-corrected chi connectivity index (χ3v) is 2.83. The molecule has 0 atom stereocenters. The quantitative estimate of drug-likeness (QED) is 0.458. The highest BCUT2D eigenvalue weighted by Crippen LogP contribution is 2.37. The summed E-state index contributed by atoms with van der Waals surface area (Å²) < 4.78 is 0. The zero-order chi connectivity index (χ0) is 9.61. The van der Waals surface area contributed by atoms with Gasteiger partial charge in [0, 0.05) is 0 Å². The lowest BCUT2D eigenvalue weighted by Gasteiger charge is -2.33. The lowest BCUT2D eigenvalue weighted by Crippen LogP contribution is -2.22. The fourth-order valence-electron chi connectivity index (χ4n) is 1.97. The van der Waals surface area contributed by atoms with E-state index in [-0.39, 0.29) is 14.9 Å². The van der Waals surface area contributed by atoms with E-state index in [1.807, 2.05) is 13.8 Å². The monoisotopic (exact) mass is 202 g/mol. The minimum Gasteiger partial charge on any atom is -0.0776 e. The Balaban J connectivity index is -0.000000284. The zero-order valence-electron chi connectivity index (χ0n) is 9.61. The first-order valence-corrected chi connectivity index (χ1v) is 5.61. The number of hydrogen-bond acceptors (Lipinski definition) is 0. The Hall–Kier alpha value is 0. The summed E-state index contributed by atoms with van der Waals surface area (Å²) in [4.78, 5) is 0. The van der Waals surface area contributed by atoms with Crippen molar-refractivity contribution in [2.75, 3.05) is 0 Å². The van der Waals surface area contributed by atoms with Crippen LogP contribution in [-0.4, -0.2) is 0 Å². The Morgan fingerprint density at radius 1 is 0.786 bits per heavy atom. The molecule has 1 saturated carbocycles. The van der Waals surface area contributed by atoms with Crippen LogP contribution in [0.4, 0.5) is 0 Å². The number of rotatable bonds is 0. The van der Waals surface area contributed by atoms with Crippen LogP contribution in [0.5, 0.6) is 0 Å². The molecule has 14 heavy (non-hydrogen) atoms. The summed E-state index contributed by atoms with van der Waals surface area (Å²) in [5.74, 6) is 1.00. The number of hydrogen-bond donors (Lipinski definition) is 0. The molecule has 1 aliphatic carbocycles. The van der Waals surface area contributed by atoms with Crippen molar-refractivity contribution in [3.8, 4) is 0 Å². The zero-order valence-corrected chi connectivity index (χ0v) is 9.61. The van der Waals surface area contributed by atoms with Crippen molar-refractivity contribution in [1.29, 1.82) is 0 Å². The average molecular weight is 202 g/mol. The molecule has 1 fully saturated rings. The highest BCUT2D eigenvalue weighted by atomic mass is 14.3. The van der Waals surface area contributed by atoms with Crippen LogP contribution in [-0.2, 0) is 0 Å². The van der Waals surface area contributed by atoms with Crippen molar-refractivity contribution in [3.05, 3.63) is 0 Å². The Bertz CT molecular complexity index is 91.1. The highest BCUT2D eigenvalue weighted by molar-refractivity contribution is 4.76. The molecule has 0 aromatic heterocycles. The molecule has 0 unspecified atom stereocenters. The molecule has 0 heteroatoms. The molecule has 0 aromatic carbocycles. The summed E-state index contributed by atoms with van der Waals surface area (Å²) in [6, 6.07) is 0. The first-order chi connectivity index (χ1) is 5.61. The SMILES string of the molecule is C.C.CC.CC(C)(C)C1CCCCC1. The van der Waals surface area contributed by atoms with Crippen molar-refractivity contribution in [3.63, 3.8) is 0 Å². The maximum atomic E-state index is 2.38. The Morgan fingerprint density at radius 3 is 1.36 bits per heavy atom. The van der Waals surface area contributed by atoms with Crippen molar-refractivity contribution < 1.29 is 0 Å². The molecular weight excluding hydrogens is 168 g/mol. The molecule has 0 aliphatic heterocycles. The van der Waals surface area contributed by atoms with Crippen LogP contribution in [0.1, 0.15) is 81.6 Å². The molecule has 0 nitrogen and oxygen atoms in total. The maximum absolute atomic E-state index is 2.38. The third-order valence-electron chi connectivity index (χ3n) is 2.83. The fraction of sp³-hybridized carbons (Fsp3) is 1.00. The summed E-state index contributed by atoms with van der Waals surface area (Å²) in [5.41, 5.74) is 0.570. The van der Waals surface area contributed by atoms with Gasteiger partial charge in [-0.25, -0.2) is 0 Å². The van der Waals surface area contributed by atoms with E-state index in [0.29, 0.717) is 5.41 Å². The van der Waals surface area contributed by atoms with E-state index in [1.54, 1.807) is 0 Å². The van der Waals surface area contributed by atoms with Crippen molar-refractivity contribution in [2.24, 2.45) is 11.3 Å². The van der Waals surface area contributed by atoms with E-state index < -0.39 is 0 Å². The van der Waals surface area contributed by atoms with Gasteiger partial charge in [0.15, 0.2) is 0 Å². The second-order valence-electron chi connectivity index (χ2n) is 4.70. The lowest BCUT2D eigenvalue weighted by molar-refractivity contribution is 0.180. The van der Waals surface area contributed by atoms with Crippen LogP contribution < -0.4 is 0 Å². The normalized spacial score (nSPS) is 16.9. The largest absolute Gasteiger partial charge is 0.0776 e. The van der Waals surface area contributed by atoms with Gasteiger partial charge in [-0.2, -0.15) is 0 Å². The van der Waals surface area contributed by atoms with Crippen LogP contribution in [0.15, 0.2) is 0 Å². The van der Waals surface area contributed by atoms with E-state index in [0.717, 1.165) is 5.92 Å². The Kier molecular flexibility index (Phi) is 13.3. The second kappa shape index (κ2) is 9.55. The molecule has 0 spiro atoms. The van der Waals surface area contributed by atoms with Crippen molar-refractivity contribution >= 4 is 0 Å². The van der Waals surface area contributed by atoms with Crippen LogP contribution in [0, 0.1) is 11.3 Å². The standard InChI is InChI=1S/C10H20.C2H6.2CH4/c1-10(2,3)9-7-5-4-6-8-9;1-2;;/h9H,4-8H2,1-3H3;1-2H3;2*1H4. The van der Waals surface area contributed by atoms with Crippen LogP contribution in [0.25, 0.3) is 0 Å². The molecule has 0 bridgehead atoms. The van der Waals surface area contributed by atoms with Gasteiger partial charge in [-0.05, 0) is 24.2 Å². The van der Waals surface area contributed by atoms with Crippen LogP contribution in [0.3, 0.4) is 0 Å². The predicted molar refractivity (Wildman–Crippen MR) is 70.8 cm³/mol. The van der Waals surface area contributed by atoms with Gasteiger partial charge < -0.3 is 0 Å². The smallest absolute Gasteiger partial charge is 0.0354 e. The van der Waals surface area contributed by atoms with Crippen molar-refractivity contribution in [1.82, 2.24) is 0 Å². The van der Waals surface area contributed by atoms with E-state index in [2.05, 4.69) is 20.8 Å². The topological polar surface area (TPSA) is 0 Å². The molecule has 0 radical (unpaired) electrons. The van der Waals surface area contributed by atoms with E-state index in [9.17, 15) is 0 Å². The molecule has 1 rings (SSSR count). The minimum absolute atomic E-state index is 0. The lowest BCUT2D eigenvalue weighted by atomic mass is 9.72. The minimum atomic E-state index is 0. The van der Waals surface area contributed by atoms with Gasteiger partial charge in [0.25, 0.3) is 0 Å². The molecule has 0 saturated heterocycles. The predicted octanol–water partition coefficient (Wildman–Crippen LogP) is 5.91. The Morgan fingerprint density at radius 2 is 1.14 bits per heavy atom. The second-order valence-corrected chi connectivity index (χ2v) is 4.70. The molecule has 0 heterocycles. The van der Waals surface area contributed by atoms with Gasteiger partial charge in [0.2, 0.25) is 0 Å². The molecular formula is C14H34. The van der Waals surface area contributed by atoms with Crippen LogP contribution >= 0.6 is 0 Å². The first-order valence-electron chi connectivity index (χ1n) is 5.61. The van der Waals surface area contributed by atoms with Gasteiger partial charge in [-0.3, -0.25) is 0 Å². The summed E-state index contributed by atoms with van der Waals surface area (Å²) in [7, 11) is 0. The van der Waals surface area contributed by atoms with Gasteiger partial charge in [0.05, 0.1) is 0 Å². The maximum Gasteiger partial charge on any atom is -0.0354 e. The van der Waals surface area contributed by atoms with E-state index >= 15 is 0 Å². The highest BCUT2D eigenvalue weighted by Gasteiger charge is 2.25. The third kappa shape index (κ3) is 7.41. The molecule has 0 amide bonds. The van der Waals surface area contributed by atoms with Gasteiger partial charge >= 0.3 is 0 Å². The summed E-state index contributed by atoms with van der Waals surface area (Å²) in [6.07, 6.45) is 7.38. The van der Waals surface area contributed by atoms with E-state index in [1.165, 1.54) is 32.1 Å². The van der Waals surface area contributed by atoms with Gasteiger partial charge in [-0.15, -0.1) is 0 Å². The first kappa shape index (κ1) is 19.6. The van der Waals surface area contributed by atoms with Gasteiger partial charge in [0.1, 0.15) is 0 Å². The van der Waals surface area contributed by atoms with E-state index in [4.69, 9.17) is 0 Å². The molecule has 0 N–H and O–H groups in total. The average Bonchev–Trinajstić information content (AvgIpc) is 2.08. The molecule has 0 aromatic rings.